The first kappa shape index (κ1) is 21.1. The third kappa shape index (κ3) is 4.48. The highest BCUT2D eigenvalue weighted by atomic mass is 16.5. The number of esters is 1. The zero-order valence-electron chi connectivity index (χ0n) is 17.8. The zero-order valence-corrected chi connectivity index (χ0v) is 17.8. The highest BCUT2D eigenvalue weighted by Crippen LogP contribution is 2.40. The average Bonchev–Trinajstić information content (AvgIpc) is 3.22. The third-order valence-corrected chi connectivity index (χ3v) is 6.49. The fourth-order valence-electron chi connectivity index (χ4n) is 4.90. The first-order valence-corrected chi connectivity index (χ1v) is 10.9. The molecular weight excluding hydrogens is 392 g/mol. The Bertz CT molecular complexity index is 942. The maximum absolute atomic E-state index is 13.3. The molecule has 1 heterocycles. The van der Waals surface area contributed by atoms with Gasteiger partial charge in [0.25, 0.3) is 5.91 Å². The minimum atomic E-state index is -0.449. The molecule has 6 nitrogen and oxygen atoms in total. The summed E-state index contributed by atoms with van der Waals surface area (Å²) in [6.07, 6.45) is 5.01. The minimum absolute atomic E-state index is 0.0578. The second-order valence-electron chi connectivity index (χ2n) is 8.35. The fourth-order valence-corrected chi connectivity index (χ4v) is 4.90. The average molecular weight is 421 g/mol. The number of methoxy groups -OCH3 is 1. The Morgan fingerprint density at radius 1 is 0.968 bits per heavy atom. The molecule has 0 radical (unpaired) electrons. The van der Waals surface area contributed by atoms with Gasteiger partial charge in [-0.05, 0) is 55.0 Å². The first-order chi connectivity index (χ1) is 15.1. The summed E-state index contributed by atoms with van der Waals surface area (Å²) in [5.41, 5.74) is 1.99. The number of ether oxygens (including phenoxy) is 1. The quantitative estimate of drug-likeness (QED) is 0.751. The number of carbonyl (C=O) groups excluding carboxylic acids is 3. The normalized spacial score (nSPS) is 22.5. The molecule has 0 aromatic heterocycles. The van der Waals surface area contributed by atoms with Crippen molar-refractivity contribution in [1.82, 2.24) is 10.2 Å². The Hall–Kier alpha value is -3.15. The number of fused-ring (bicyclic) bond motifs is 1. The Balaban J connectivity index is 1.47. The Labute approximate surface area is 182 Å². The summed E-state index contributed by atoms with van der Waals surface area (Å²) >= 11 is 0. The van der Waals surface area contributed by atoms with Gasteiger partial charge < -0.3 is 15.0 Å². The molecule has 1 N–H and O–H groups in total. The van der Waals surface area contributed by atoms with E-state index in [-0.39, 0.29) is 23.8 Å². The van der Waals surface area contributed by atoms with E-state index in [0.29, 0.717) is 23.6 Å². The van der Waals surface area contributed by atoms with E-state index < -0.39 is 6.04 Å². The van der Waals surface area contributed by atoms with E-state index in [1.807, 2.05) is 35.2 Å². The van der Waals surface area contributed by atoms with Crippen molar-refractivity contribution in [3.63, 3.8) is 0 Å². The number of likely N-dealkylation sites (tertiary alicyclic amines) is 1. The lowest BCUT2D eigenvalue weighted by molar-refractivity contribution is -0.125. The number of nitrogens with zero attached hydrogens (tertiary/aromatic N) is 1. The first-order valence-electron chi connectivity index (χ1n) is 10.9. The van der Waals surface area contributed by atoms with Gasteiger partial charge in [0.1, 0.15) is 6.04 Å². The highest BCUT2D eigenvalue weighted by Gasteiger charge is 2.47. The molecule has 6 heteroatoms. The van der Waals surface area contributed by atoms with Gasteiger partial charge in [-0.15, -0.1) is 0 Å². The van der Waals surface area contributed by atoms with Crippen LogP contribution in [0.1, 0.15) is 58.4 Å². The molecule has 1 saturated carbocycles. The SMILES string of the molecule is COC(=O)c1ccc(CNC(=O)C2CC3CCCCC3N2C(=O)c2ccccc2)cc1. The summed E-state index contributed by atoms with van der Waals surface area (Å²) in [7, 11) is 1.35. The molecule has 4 rings (SSSR count). The topological polar surface area (TPSA) is 75.7 Å². The Morgan fingerprint density at radius 3 is 2.39 bits per heavy atom. The van der Waals surface area contributed by atoms with Crippen LogP contribution in [0.3, 0.4) is 0 Å². The lowest BCUT2D eigenvalue weighted by atomic mass is 9.84. The zero-order chi connectivity index (χ0) is 21.8. The predicted octanol–water partition coefficient (Wildman–Crippen LogP) is 3.56. The van der Waals surface area contributed by atoms with Crippen LogP contribution in [0.15, 0.2) is 54.6 Å². The molecule has 2 aromatic rings. The van der Waals surface area contributed by atoms with E-state index in [4.69, 9.17) is 4.74 Å². The van der Waals surface area contributed by atoms with Gasteiger partial charge in [-0.25, -0.2) is 4.79 Å². The second kappa shape index (κ2) is 9.33. The van der Waals surface area contributed by atoms with Crippen molar-refractivity contribution in [1.29, 1.82) is 0 Å². The van der Waals surface area contributed by atoms with Crippen LogP contribution in [-0.2, 0) is 16.1 Å². The van der Waals surface area contributed by atoms with Gasteiger partial charge in [0.15, 0.2) is 0 Å². The van der Waals surface area contributed by atoms with Gasteiger partial charge in [-0.2, -0.15) is 0 Å². The molecule has 2 amide bonds. The molecule has 2 aliphatic rings. The number of carbonyl (C=O) groups is 3. The maximum Gasteiger partial charge on any atom is 0.337 e. The number of benzene rings is 2. The van der Waals surface area contributed by atoms with E-state index >= 15 is 0 Å². The largest absolute Gasteiger partial charge is 0.465 e. The third-order valence-electron chi connectivity index (χ3n) is 6.49. The number of nitrogens with one attached hydrogen (secondary N) is 1. The fraction of sp³-hybridized carbons (Fsp3) is 0.400. The minimum Gasteiger partial charge on any atom is -0.465 e. The molecule has 1 aliphatic heterocycles. The summed E-state index contributed by atoms with van der Waals surface area (Å²) in [5.74, 6) is -0.177. The standard InChI is InChI=1S/C25H28N2O4/c1-31-25(30)19-13-11-17(12-14-19)16-26-23(28)22-15-20-9-5-6-10-21(20)27(22)24(29)18-7-3-2-4-8-18/h2-4,7-8,11-14,20-22H,5-6,9-10,15-16H2,1H3,(H,26,28). The summed E-state index contributed by atoms with van der Waals surface area (Å²) < 4.78 is 4.71. The second-order valence-corrected chi connectivity index (χ2v) is 8.35. The summed E-state index contributed by atoms with van der Waals surface area (Å²) in [5, 5.41) is 3.00. The van der Waals surface area contributed by atoms with E-state index in [1.54, 1.807) is 24.3 Å². The molecule has 2 fully saturated rings. The Morgan fingerprint density at radius 2 is 1.68 bits per heavy atom. The van der Waals surface area contributed by atoms with Crippen LogP contribution in [0.4, 0.5) is 0 Å². The van der Waals surface area contributed by atoms with Gasteiger partial charge in [0, 0.05) is 18.2 Å². The smallest absolute Gasteiger partial charge is 0.337 e. The van der Waals surface area contributed by atoms with E-state index in [9.17, 15) is 14.4 Å². The molecule has 3 unspecified atom stereocenters. The van der Waals surface area contributed by atoms with Crippen LogP contribution in [0.5, 0.6) is 0 Å². The van der Waals surface area contributed by atoms with Gasteiger partial charge in [-0.3, -0.25) is 9.59 Å². The van der Waals surface area contributed by atoms with Crippen molar-refractivity contribution < 1.29 is 19.1 Å². The van der Waals surface area contributed by atoms with Gasteiger partial charge in [0.05, 0.1) is 12.7 Å². The maximum atomic E-state index is 13.3. The molecule has 1 aliphatic carbocycles. The van der Waals surface area contributed by atoms with Crippen molar-refractivity contribution in [2.45, 2.75) is 50.7 Å². The van der Waals surface area contributed by atoms with Crippen molar-refractivity contribution in [3.05, 3.63) is 71.3 Å². The van der Waals surface area contributed by atoms with Crippen LogP contribution >= 0.6 is 0 Å². The highest BCUT2D eigenvalue weighted by molar-refractivity contribution is 5.98. The van der Waals surface area contributed by atoms with Gasteiger partial charge in [0.2, 0.25) is 5.91 Å². The lowest BCUT2D eigenvalue weighted by Crippen LogP contribution is -2.49. The van der Waals surface area contributed by atoms with Crippen molar-refractivity contribution >= 4 is 17.8 Å². The molecule has 0 bridgehead atoms. The van der Waals surface area contributed by atoms with E-state index in [0.717, 1.165) is 37.7 Å². The molecule has 0 spiro atoms. The van der Waals surface area contributed by atoms with Crippen molar-refractivity contribution in [2.75, 3.05) is 7.11 Å². The van der Waals surface area contributed by atoms with Crippen LogP contribution in [-0.4, -0.2) is 41.9 Å². The van der Waals surface area contributed by atoms with E-state index in [1.165, 1.54) is 7.11 Å². The summed E-state index contributed by atoms with van der Waals surface area (Å²) in [6, 6.07) is 15.9. The molecule has 3 atom stereocenters. The monoisotopic (exact) mass is 420 g/mol. The van der Waals surface area contributed by atoms with Crippen LogP contribution in [0.2, 0.25) is 0 Å². The van der Waals surface area contributed by atoms with Crippen molar-refractivity contribution in [2.24, 2.45) is 5.92 Å². The summed E-state index contributed by atoms with van der Waals surface area (Å²) in [6.45, 7) is 0.347. The number of hydrogen-bond donors (Lipinski definition) is 1. The van der Waals surface area contributed by atoms with E-state index in [2.05, 4.69) is 5.32 Å². The predicted molar refractivity (Wildman–Crippen MR) is 116 cm³/mol. The van der Waals surface area contributed by atoms with Crippen molar-refractivity contribution in [3.8, 4) is 0 Å². The molecular formula is C25H28N2O4. The van der Waals surface area contributed by atoms with Gasteiger partial charge >= 0.3 is 5.97 Å². The Kier molecular flexibility index (Phi) is 6.35. The molecule has 1 saturated heterocycles. The number of amides is 2. The molecule has 2 aromatic carbocycles. The number of hydrogen-bond acceptors (Lipinski definition) is 4. The summed E-state index contributed by atoms with van der Waals surface area (Å²) in [4.78, 5) is 39.9. The molecule has 162 valence electrons. The van der Waals surface area contributed by atoms with Gasteiger partial charge in [-0.1, -0.05) is 43.2 Å². The number of rotatable bonds is 5. The molecule has 31 heavy (non-hydrogen) atoms. The lowest BCUT2D eigenvalue weighted by Gasteiger charge is -2.33. The van der Waals surface area contributed by atoms with Crippen LogP contribution in [0.25, 0.3) is 0 Å². The van der Waals surface area contributed by atoms with Crippen LogP contribution < -0.4 is 5.32 Å². The van der Waals surface area contributed by atoms with Crippen LogP contribution in [0, 0.1) is 5.92 Å².